The summed E-state index contributed by atoms with van der Waals surface area (Å²) < 4.78 is 80.9. The number of benzene rings is 1. The number of alkyl halides is 3. The first kappa shape index (κ1) is 25.3. The number of nitrogens with two attached hydrogens (primary N) is 1. The van der Waals surface area contributed by atoms with Gasteiger partial charge in [-0.1, -0.05) is 13.0 Å². The van der Waals surface area contributed by atoms with Crippen molar-refractivity contribution in [1.82, 2.24) is 4.98 Å². The van der Waals surface area contributed by atoms with E-state index in [1.54, 1.807) is 0 Å². The highest BCUT2D eigenvalue weighted by Crippen LogP contribution is 2.56. The van der Waals surface area contributed by atoms with Gasteiger partial charge in [0.2, 0.25) is 5.82 Å². The average molecular weight is 487 g/mol. The number of anilines is 1. The van der Waals surface area contributed by atoms with Crippen LogP contribution in [-0.4, -0.2) is 41.8 Å². The van der Waals surface area contributed by atoms with Crippen LogP contribution in [0.4, 0.5) is 27.6 Å². The minimum Gasteiger partial charge on any atom is -0.493 e. The number of nitrogens with zero attached hydrogens (tertiary/aromatic N) is 1. The number of amides is 2. The van der Waals surface area contributed by atoms with E-state index in [9.17, 15) is 31.5 Å². The van der Waals surface area contributed by atoms with E-state index >= 15 is 0 Å². The molecule has 184 valence electrons. The fourth-order valence-electron chi connectivity index (χ4n) is 4.37. The van der Waals surface area contributed by atoms with Gasteiger partial charge in [0.15, 0.2) is 17.2 Å². The Bertz CT molecular complexity index is 1110. The van der Waals surface area contributed by atoms with Crippen LogP contribution in [0, 0.1) is 17.6 Å². The molecule has 1 saturated heterocycles. The number of methoxy groups -OCH3 is 1. The number of hydrogen-bond donors (Lipinski definition) is 2. The number of nitrogens with one attached hydrogen (secondary N) is 1. The smallest absolute Gasteiger partial charge is 0.417 e. The first-order valence-corrected chi connectivity index (χ1v) is 10.2. The molecule has 12 heteroatoms. The second-order valence-corrected chi connectivity index (χ2v) is 7.95. The summed E-state index contributed by atoms with van der Waals surface area (Å²) in [6, 6.07) is 4.27. The summed E-state index contributed by atoms with van der Waals surface area (Å²) in [4.78, 5) is 28.2. The highest BCUT2D eigenvalue weighted by molar-refractivity contribution is 5.97. The second-order valence-electron chi connectivity index (χ2n) is 7.95. The molecule has 4 atom stereocenters. The van der Waals surface area contributed by atoms with Gasteiger partial charge in [0, 0.05) is 29.3 Å². The maximum atomic E-state index is 14.5. The predicted octanol–water partition coefficient (Wildman–Crippen LogP) is 3.94. The van der Waals surface area contributed by atoms with Crippen molar-refractivity contribution < 1.29 is 41.0 Å². The van der Waals surface area contributed by atoms with E-state index in [0.29, 0.717) is 0 Å². The molecule has 0 unspecified atom stereocenters. The van der Waals surface area contributed by atoms with Crippen molar-refractivity contribution >= 4 is 17.5 Å². The standard InChI is InChI=1S/C22H22F5N3O4/c1-4-12-15(11-5-6-13(23)16(24)17(11)33-3)18(34-21(12,2)22(25,26)27)20(32)30-10-7-8-29-14(9-10)19(28)31/h5-9,12,15,18H,4H2,1-3H3,(H2,28,31)(H,29,30,32)/t12-,15+,18-,21-/m0/s1. The number of rotatable bonds is 6. The molecule has 1 aromatic heterocycles. The Hall–Kier alpha value is -3.28. The van der Waals surface area contributed by atoms with E-state index in [4.69, 9.17) is 15.2 Å². The molecule has 3 N–H and O–H groups in total. The topological polar surface area (TPSA) is 104 Å². The monoisotopic (exact) mass is 487 g/mol. The molecule has 3 rings (SSSR count). The SMILES string of the molecule is CC[C@H]1[C@@H](c2ccc(F)c(F)c2OC)[C@@H](C(=O)Nc2ccnc(C(N)=O)c2)O[C@]1(C)C(F)(F)F. The Balaban J connectivity index is 2.11. The maximum Gasteiger partial charge on any atom is 0.417 e. The molecular weight excluding hydrogens is 465 g/mol. The fraction of sp³-hybridized carbons (Fsp3) is 0.409. The van der Waals surface area contributed by atoms with Gasteiger partial charge < -0.3 is 20.5 Å². The molecule has 1 aliphatic heterocycles. The number of carbonyl (C=O) groups excluding carboxylic acids is 2. The molecule has 1 aliphatic rings. The van der Waals surface area contributed by atoms with Crippen molar-refractivity contribution in [3.8, 4) is 5.75 Å². The van der Waals surface area contributed by atoms with Gasteiger partial charge in [-0.15, -0.1) is 0 Å². The van der Waals surface area contributed by atoms with Crippen molar-refractivity contribution in [3.63, 3.8) is 0 Å². The lowest BCUT2D eigenvalue weighted by atomic mass is 9.74. The van der Waals surface area contributed by atoms with Crippen LogP contribution >= 0.6 is 0 Å². The van der Waals surface area contributed by atoms with E-state index in [1.807, 2.05) is 0 Å². The summed E-state index contributed by atoms with van der Waals surface area (Å²) in [5.74, 6) is -7.84. The van der Waals surface area contributed by atoms with Gasteiger partial charge in [0.1, 0.15) is 11.8 Å². The number of pyridine rings is 1. The normalized spacial score (nSPS) is 24.6. The molecule has 0 spiro atoms. The largest absolute Gasteiger partial charge is 0.493 e. The van der Waals surface area contributed by atoms with Crippen molar-refractivity contribution in [2.45, 2.75) is 44.1 Å². The number of primary amides is 1. The van der Waals surface area contributed by atoms with Gasteiger partial charge in [-0.25, -0.2) is 4.39 Å². The van der Waals surface area contributed by atoms with E-state index in [-0.39, 0.29) is 23.4 Å². The zero-order chi connectivity index (χ0) is 25.4. The van der Waals surface area contributed by atoms with Crippen LogP contribution in [-0.2, 0) is 9.53 Å². The van der Waals surface area contributed by atoms with Crippen molar-refractivity contribution in [2.75, 3.05) is 12.4 Å². The summed E-state index contributed by atoms with van der Waals surface area (Å²) >= 11 is 0. The Morgan fingerprint density at radius 1 is 1.26 bits per heavy atom. The van der Waals surface area contributed by atoms with Gasteiger partial charge in [0.05, 0.1) is 7.11 Å². The first-order chi connectivity index (χ1) is 15.9. The summed E-state index contributed by atoms with van der Waals surface area (Å²) in [6.07, 6.45) is -5.58. The number of halogens is 5. The van der Waals surface area contributed by atoms with Crippen LogP contribution in [0.3, 0.4) is 0 Å². The van der Waals surface area contributed by atoms with Crippen molar-refractivity contribution in [1.29, 1.82) is 0 Å². The van der Waals surface area contributed by atoms with Gasteiger partial charge in [-0.3, -0.25) is 14.6 Å². The van der Waals surface area contributed by atoms with Gasteiger partial charge >= 0.3 is 6.18 Å². The zero-order valence-corrected chi connectivity index (χ0v) is 18.4. The number of ether oxygens (including phenoxy) is 2. The highest BCUT2D eigenvalue weighted by Gasteiger charge is 2.66. The Morgan fingerprint density at radius 2 is 1.94 bits per heavy atom. The summed E-state index contributed by atoms with van der Waals surface area (Å²) in [6.45, 7) is 2.28. The summed E-state index contributed by atoms with van der Waals surface area (Å²) in [5.41, 5.74) is 2.09. The molecule has 0 bridgehead atoms. The fourth-order valence-corrected chi connectivity index (χ4v) is 4.37. The van der Waals surface area contributed by atoms with Crippen molar-refractivity contribution in [2.24, 2.45) is 11.7 Å². The third-order valence-electron chi connectivity index (χ3n) is 6.02. The molecule has 34 heavy (non-hydrogen) atoms. The lowest BCUT2D eigenvalue weighted by molar-refractivity contribution is -0.274. The second kappa shape index (κ2) is 9.16. The summed E-state index contributed by atoms with van der Waals surface area (Å²) in [5, 5.41) is 2.39. The molecule has 0 radical (unpaired) electrons. The molecule has 2 heterocycles. The third kappa shape index (κ3) is 4.29. The van der Waals surface area contributed by atoms with E-state index in [1.165, 1.54) is 19.2 Å². The molecule has 0 saturated carbocycles. The molecule has 7 nitrogen and oxygen atoms in total. The molecular formula is C22H22F5N3O4. The van der Waals surface area contributed by atoms with Crippen LogP contribution in [0.1, 0.15) is 42.2 Å². The van der Waals surface area contributed by atoms with Gasteiger partial charge in [-0.05, 0) is 31.5 Å². The Labute approximate surface area is 191 Å². The molecule has 2 amide bonds. The number of carbonyl (C=O) groups is 2. The van der Waals surface area contributed by atoms with Crippen molar-refractivity contribution in [3.05, 3.63) is 53.4 Å². The Morgan fingerprint density at radius 3 is 2.50 bits per heavy atom. The first-order valence-electron chi connectivity index (χ1n) is 10.2. The minimum absolute atomic E-state index is 0.0297. The molecule has 1 fully saturated rings. The van der Waals surface area contributed by atoms with Gasteiger partial charge in [-0.2, -0.15) is 17.6 Å². The third-order valence-corrected chi connectivity index (χ3v) is 6.02. The quantitative estimate of drug-likeness (QED) is 0.601. The lowest BCUT2D eigenvalue weighted by Gasteiger charge is -2.33. The molecule has 1 aromatic carbocycles. The van der Waals surface area contributed by atoms with Gasteiger partial charge in [0.25, 0.3) is 11.8 Å². The van der Waals surface area contributed by atoms with Crippen LogP contribution < -0.4 is 15.8 Å². The minimum atomic E-state index is -4.89. The van der Waals surface area contributed by atoms with E-state index in [2.05, 4.69) is 10.3 Å². The maximum absolute atomic E-state index is 14.5. The average Bonchev–Trinajstić information content (AvgIpc) is 3.09. The number of aromatic nitrogens is 1. The predicted molar refractivity (Wildman–Crippen MR) is 110 cm³/mol. The number of hydrogen-bond acceptors (Lipinski definition) is 5. The lowest BCUT2D eigenvalue weighted by Crippen LogP contribution is -2.48. The van der Waals surface area contributed by atoms with Crippen LogP contribution in [0.2, 0.25) is 0 Å². The van der Waals surface area contributed by atoms with Crippen LogP contribution in [0.25, 0.3) is 0 Å². The highest BCUT2D eigenvalue weighted by atomic mass is 19.4. The molecule has 0 aliphatic carbocycles. The van der Waals surface area contributed by atoms with Crippen LogP contribution in [0.5, 0.6) is 5.75 Å². The Kier molecular flexibility index (Phi) is 6.83. The van der Waals surface area contributed by atoms with E-state index in [0.717, 1.165) is 32.2 Å². The molecule has 2 aromatic rings. The zero-order valence-electron chi connectivity index (χ0n) is 18.4. The van der Waals surface area contributed by atoms with E-state index < -0.39 is 58.9 Å². The summed E-state index contributed by atoms with van der Waals surface area (Å²) in [7, 11) is 1.04. The van der Waals surface area contributed by atoms with Crippen LogP contribution in [0.15, 0.2) is 30.5 Å².